The fourth-order valence-electron chi connectivity index (χ4n) is 3.94. The molecule has 26 heavy (non-hydrogen) atoms. The highest BCUT2D eigenvalue weighted by atomic mass is 16.5. The number of hydrogen-bond donors (Lipinski definition) is 0. The third kappa shape index (κ3) is 3.41. The topological polar surface area (TPSA) is 59.1 Å². The summed E-state index contributed by atoms with van der Waals surface area (Å²) in [5.41, 5.74) is 2.21. The minimum atomic E-state index is -0.130. The lowest BCUT2D eigenvalue weighted by atomic mass is 9.93. The second-order valence-corrected chi connectivity index (χ2v) is 6.78. The van der Waals surface area contributed by atoms with Gasteiger partial charge < -0.3 is 19.3 Å². The van der Waals surface area contributed by atoms with Crippen molar-refractivity contribution >= 4 is 11.8 Å². The van der Waals surface area contributed by atoms with E-state index in [-0.39, 0.29) is 17.7 Å². The molecular formula is C20H26N2O4. The summed E-state index contributed by atoms with van der Waals surface area (Å²) in [6.07, 6.45) is 3.74. The van der Waals surface area contributed by atoms with Gasteiger partial charge in [0, 0.05) is 31.7 Å². The van der Waals surface area contributed by atoms with Crippen LogP contribution < -0.4 is 9.47 Å². The summed E-state index contributed by atoms with van der Waals surface area (Å²) in [6.45, 7) is 5.95. The van der Waals surface area contributed by atoms with Gasteiger partial charge in [0.05, 0.1) is 20.1 Å². The highest BCUT2D eigenvalue weighted by Gasteiger charge is 2.32. The first-order chi connectivity index (χ1) is 12.6. The summed E-state index contributed by atoms with van der Waals surface area (Å²) in [4.78, 5) is 28.5. The molecule has 6 nitrogen and oxygen atoms in total. The fraction of sp³-hybridized carbons (Fsp3) is 0.500. The lowest BCUT2D eigenvalue weighted by molar-refractivity contribution is -0.140. The van der Waals surface area contributed by atoms with Crippen LogP contribution in [0.5, 0.6) is 11.5 Å². The maximum Gasteiger partial charge on any atom is 0.245 e. The molecule has 1 atom stereocenters. The third-order valence-corrected chi connectivity index (χ3v) is 5.31. The number of piperidine rings is 1. The Kier molecular flexibility index (Phi) is 5.49. The van der Waals surface area contributed by atoms with Gasteiger partial charge in [0.15, 0.2) is 11.5 Å². The number of benzene rings is 1. The molecule has 0 spiro atoms. The van der Waals surface area contributed by atoms with E-state index >= 15 is 0 Å². The minimum absolute atomic E-state index is 0.0941. The predicted molar refractivity (Wildman–Crippen MR) is 98.2 cm³/mol. The molecule has 0 N–H and O–H groups in total. The molecule has 1 aromatic rings. The average molecular weight is 358 g/mol. The zero-order chi connectivity index (χ0) is 18.7. The van der Waals surface area contributed by atoms with E-state index in [1.165, 1.54) is 6.08 Å². The van der Waals surface area contributed by atoms with Gasteiger partial charge >= 0.3 is 0 Å². The SMILES string of the molecule is C=CC(=O)N1CCCC(C(=O)N2CCc3c(ccc(OC)c3OC)C2)C1. The number of ether oxygens (including phenoxy) is 2. The van der Waals surface area contributed by atoms with Gasteiger partial charge in [-0.05, 0) is 37.0 Å². The Morgan fingerprint density at radius 2 is 2.00 bits per heavy atom. The molecule has 140 valence electrons. The number of hydrogen-bond acceptors (Lipinski definition) is 4. The van der Waals surface area contributed by atoms with Gasteiger partial charge in [-0.25, -0.2) is 0 Å². The van der Waals surface area contributed by atoms with Gasteiger partial charge in [-0.2, -0.15) is 0 Å². The van der Waals surface area contributed by atoms with Gasteiger partial charge in [-0.15, -0.1) is 0 Å². The quantitative estimate of drug-likeness (QED) is 0.773. The lowest BCUT2D eigenvalue weighted by Crippen LogP contribution is -2.47. The Morgan fingerprint density at radius 3 is 2.69 bits per heavy atom. The number of rotatable bonds is 4. The van der Waals surface area contributed by atoms with Crippen LogP contribution in [-0.2, 0) is 22.6 Å². The minimum Gasteiger partial charge on any atom is -0.493 e. The third-order valence-electron chi connectivity index (χ3n) is 5.31. The van der Waals surface area contributed by atoms with Crippen LogP contribution in [0.15, 0.2) is 24.8 Å². The summed E-state index contributed by atoms with van der Waals surface area (Å²) in [5.74, 6) is 1.39. The fourth-order valence-corrected chi connectivity index (χ4v) is 3.94. The molecular weight excluding hydrogens is 332 g/mol. The second-order valence-electron chi connectivity index (χ2n) is 6.78. The Bertz CT molecular complexity index is 716. The van der Waals surface area contributed by atoms with Crippen LogP contribution in [0, 0.1) is 5.92 Å². The number of methoxy groups -OCH3 is 2. The summed E-state index contributed by atoms with van der Waals surface area (Å²) in [7, 11) is 3.27. The van der Waals surface area contributed by atoms with E-state index in [1.807, 2.05) is 17.0 Å². The number of nitrogens with zero attached hydrogens (tertiary/aromatic N) is 2. The summed E-state index contributed by atoms with van der Waals surface area (Å²) < 4.78 is 10.9. The molecule has 0 saturated carbocycles. The van der Waals surface area contributed by atoms with Gasteiger partial charge in [-0.3, -0.25) is 9.59 Å². The molecule has 2 heterocycles. The van der Waals surface area contributed by atoms with Crippen molar-refractivity contribution in [3.05, 3.63) is 35.9 Å². The van der Waals surface area contributed by atoms with Crippen molar-refractivity contribution in [3.8, 4) is 11.5 Å². The molecule has 2 amide bonds. The van der Waals surface area contributed by atoms with E-state index in [0.717, 1.165) is 41.9 Å². The molecule has 0 radical (unpaired) electrons. The van der Waals surface area contributed by atoms with Crippen LogP contribution in [0.2, 0.25) is 0 Å². The standard InChI is InChI=1S/C20H26N2O4/c1-4-18(23)21-10-5-6-15(13-21)20(24)22-11-9-16-14(12-22)7-8-17(25-2)19(16)26-3/h4,7-8,15H,1,5-6,9-13H2,2-3H3. The van der Waals surface area contributed by atoms with Gasteiger partial charge in [0.25, 0.3) is 0 Å². The van der Waals surface area contributed by atoms with Crippen molar-refractivity contribution in [2.75, 3.05) is 33.9 Å². The Hall–Kier alpha value is -2.50. The molecule has 1 fully saturated rings. The Balaban J connectivity index is 1.73. The maximum absolute atomic E-state index is 13.0. The van der Waals surface area contributed by atoms with E-state index in [9.17, 15) is 9.59 Å². The van der Waals surface area contributed by atoms with E-state index < -0.39 is 0 Å². The second kappa shape index (κ2) is 7.81. The van der Waals surface area contributed by atoms with Crippen molar-refractivity contribution in [1.82, 2.24) is 9.80 Å². The average Bonchev–Trinajstić information content (AvgIpc) is 2.71. The summed E-state index contributed by atoms with van der Waals surface area (Å²) in [6, 6.07) is 3.89. The number of carbonyl (C=O) groups excluding carboxylic acids is 2. The summed E-state index contributed by atoms with van der Waals surface area (Å²) >= 11 is 0. The molecule has 1 unspecified atom stereocenters. The molecule has 0 aromatic heterocycles. The Labute approximate surface area is 154 Å². The highest BCUT2D eigenvalue weighted by Crippen LogP contribution is 2.36. The van der Waals surface area contributed by atoms with Crippen molar-refractivity contribution in [1.29, 1.82) is 0 Å². The van der Waals surface area contributed by atoms with E-state index in [0.29, 0.717) is 26.2 Å². The van der Waals surface area contributed by atoms with Crippen LogP contribution in [0.1, 0.15) is 24.0 Å². The van der Waals surface area contributed by atoms with Crippen molar-refractivity contribution in [2.45, 2.75) is 25.8 Å². The molecule has 0 aliphatic carbocycles. The first-order valence-corrected chi connectivity index (χ1v) is 9.02. The van der Waals surface area contributed by atoms with Crippen LogP contribution >= 0.6 is 0 Å². The first kappa shape index (κ1) is 18.3. The monoisotopic (exact) mass is 358 g/mol. The maximum atomic E-state index is 13.0. The van der Waals surface area contributed by atoms with Crippen LogP contribution in [0.25, 0.3) is 0 Å². The van der Waals surface area contributed by atoms with Crippen LogP contribution in [0.3, 0.4) is 0 Å². The van der Waals surface area contributed by atoms with Gasteiger partial charge in [0.1, 0.15) is 0 Å². The number of carbonyl (C=O) groups is 2. The zero-order valence-electron chi connectivity index (χ0n) is 15.5. The first-order valence-electron chi connectivity index (χ1n) is 9.02. The summed E-state index contributed by atoms with van der Waals surface area (Å²) in [5, 5.41) is 0. The van der Waals surface area contributed by atoms with E-state index in [1.54, 1.807) is 19.1 Å². The molecule has 2 aliphatic heterocycles. The van der Waals surface area contributed by atoms with Crippen molar-refractivity contribution in [3.63, 3.8) is 0 Å². The highest BCUT2D eigenvalue weighted by molar-refractivity contribution is 5.88. The van der Waals surface area contributed by atoms with Gasteiger partial charge in [0.2, 0.25) is 11.8 Å². The predicted octanol–water partition coefficient (Wildman–Crippen LogP) is 2.01. The van der Waals surface area contributed by atoms with Crippen LogP contribution in [0.4, 0.5) is 0 Å². The number of amides is 2. The lowest BCUT2D eigenvalue weighted by Gasteiger charge is -2.36. The normalized spacial score (nSPS) is 19.5. The Morgan fingerprint density at radius 1 is 1.19 bits per heavy atom. The molecule has 1 saturated heterocycles. The zero-order valence-corrected chi connectivity index (χ0v) is 15.5. The van der Waals surface area contributed by atoms with Gasteiger partial charge in [-0.1, -0.05) is 12.6 Å². The molecule has 1 aromatic carbocycles. The van der Waals surface area contributed by atoms with Crippen molar-refractivity contribution in [2.24, 2.45) is 5.92 Å². The van der Waals surface area contributed by atoms with E-state index in [2.05, 4.69) is 6.58 Å². The molecule has 3 rings (SSSR count). The smallest absolute Gasteiger partial charge is 0.245 e. The molecule has 6 heteroatoms. The number of likely N-dealkylation sites (tertiary alicyclic amines) is 1. The molecule has 0 bridgehead atoms. The van der Waals surface area contributed by atoms with E-state index in [4.69, 9.17) is 9.47 Å². The largest absolute Gasteiger partial charge is 0.493 e. The number of fused-ring (bicyclic) bond motifs is 1. The van der Waals surface area contributed by atoms with Crippen molar-refractivity contribution < 1.29 is 19.1 Å². The van der Waals surface area contributed by atoms with Crippen LogP contribution in [-0.4, -0.2) is 55.5 Å². The molecule has 2 aliphatic rings.